The number of sulfonamides is 1. The van der Waals surface area contributed by atoms with Crippen molar-refractivity contribution in [3.8, 4) is 5.75 Å². The number of hydrogen-bond donors (Lipinski definition) is 1. The highest BCUT2D eigenvalue weighted by molar-refractivity contribution is 7.89. The number of para-hydroxylation sites is 1. The molecular weight excluding hydrogens is 338 g/mol. The molecular formula is C18H23N3O3S. The molecule has 1 N–H and O–H groups in total. The predicted octanol–water partition coefficient (Wildman–Crippen LogP) is 2.29. The van der Waals surface area contributed by atoms with Crippen LogP contribution in [0.25, 0.3) is 0 Å². The van der Waals surface area contributed by atoms with Gasteiger partial charge in [-0.15, -0.1) is 0 Å². The number of rotatable bonds is 6. The molecule has 1 saturated heterocycles. The Labute approximate surface area is 148 Å². The van der Waals surface area contributed by atoms with Gasteiger partial charge >= 0.3 is 0 Å². The van der Waals surface area contributed by atoms with Crippen LogP contribution in [0.5, 0.6) is 5.75 Å². The van der Waals surface area contributed by atoms with Gasteiger partial charge in [0.25, 0.3) is 0 Å². The number of aromatic nitrogens is 1. The van der Waals surface area contributed by atoms with E-state index in [0.717, 1.165) is 31.7 Å². The average molecular weight is 361 g/mol. The van der Waals surface area contributed by atoms with Gasteiger partial charge < -0.3 is 9.64 Å². The topological polar surface area (TPSA) is 71.5 Å². The molecule has 1 fully saturated rings. The summed E-state index contributed by atoms with van der Waals surface area (Å²) in [5.74, 6) is 1.67. The van der Waals surface area contributed by atoms with E-state index >= 15 is 0 Å². The first-order valence-corrected chi connectivity index (χ1v) is 9.87. The summed E-state index contributed by atoms with van der Waals surface area (Å²) < 4.78 is 32.9. The van der Waals surface area contributed by atoms with Gasteiger partial charge in [0.2, 0.25) is 10.0 Å². The molecule has 0 radical (unpaired) electrons. The van der Waals surface area contributed by atoms with Gasteiger partial charge in [-0.1, -0.05) is 18.2 Å². The summed E-state index contributed by atoms with van der Waals surface area (Å²) in [6, 6.07) is 12.6. The second kappa shape index (κ2) is 7.84. The fraction of sp³-hybridized carbons (Fsp3) is 0.389. The van der Waals surface area contributed by atoms with E-state index in [2.05, 4.69) is 14.6 Å². The van der Waals surface area contributed by atoms with Gasteiger partial charge in [-0.05, 0) is 43.0 Å². The Morgan fingerprint density at radius 1 is 1.16 bits per heavy atom. The highest BCUT2D eigenvalue weighted by Gasteiger charge is 2.24. The minimum atomic E-state index is -3.57. The number of methoxy groups -OCH3 is 1. The van der Waals surface area contributed by atoms with Crippen molar-refractivity contribution in [2.45, 2.75) is 17.7 Å². The SMILES string of the molecule is COc1ccccc1S(=O)(=O)NCC1CCN(c2ccccn2)CC1. The fourth-order valence-corrected chi connectivity index (χ4v) is 4.34. The largest absolute Gasteiger partial charge is 0.495 e. The lowest BCUT2D eigenvalue weighted by Gasteiger charge is -2.32. The maximum Gasteiger partial charge on any atom is 0.244 e. The second-order valence-electron chi connectivity index (χ2n) is 6.12. The zero-order chi connectivity index (χ0) is 17.7. The molecule has 0 amide bonds. The standard InChI is InChI=1S/C18H23N3O3S/c1-24-16-6-2-3-7-17(16)25(22,23)20-14-15-9-12-21(13-10-15)18-8-4-5-11-19-18/h2-8,11,15,20H,9-10,12-14H2,1H3. The van der Waals surface area contributed by atoms with Crippen LogP contribution < -0.4 is 14.4 Å². The first-order valence-electron chi connectivity index (χ1n) is 8.39. The minimum absolute atomic E-state index is 0.184. The highest BCUT2D eigenvalue weighted by Crippen LogP contribution is 2.24. The van der Waals surface area contributed by atoms with Crippen LogP contribution in [0.1, 0.15) is 12.8 Å². The van der Waals surface area contributed by atoms with Crippen molar-refractivity contribution in [1.82, 2.24) is 9.71 Å². The zero-order valence-corrected chi connectivity index (χ0v) is 15.1. The monoisotopic (exact) mass is 361 g/mol. The molecule has 25 heavy (non-hydrogen) atoms. The molecule has 1 aromatic heterocycles. The molecule has 1 aliphatic heterocycles. The molecule has 1 aromatic carbocycles. The molecule has 0 atom stereocenters. The quantitative estimate of drug-likeness (QED) is 0.855. The van der Waals surface area contributed by atoms with E-state index in [9.17, 15) is 8.42 Å². The number of pyridine rings is 1. The Bertz CT molecular complexity index is 788. The summed E-state index contributed by atoms with van der Waals surface area (Å²) in [4.78, 5) is 6.80. The van der Waals surface area contributed by atoms with Gasteiger partial charge in [-0.3, -0.25) is 0 Å². The number of anilines is 1. The number of hydrogen-bond acceptors (Lipinski definition) is 5. The Morgan fingerprint density at radius 3 is 2.56 bits per heavy atom. The van der Waals surface area contributed by atoms with E-state index in [1.165, 1.54) is 7.11 Å². The van der Waals surface area contributed by atoms with Crippen molar-refractivity contribution in [3.05, 3.63) is 48.7 Å². The molecule has 0 saturated carbocycles. The van der Waals surface area contributed by atoms with Crippen molar-refractivity contribution in [1.29, 1.82) is 0 Å². The highest BCUT2D eigenvalue weighted by atomic mass is 32.2. The molecule has 1 aliphatic rings. The van der Waals surface area contributed by atoms with Gasteiger partial charge in [0.15, 0.2) is 0 Å². The van der Waals surface area contributed by atoms with Gasteiger partial charge in [-0.25, -0.2) is 18.1 Å². The third-order valence-corrected chi connectivity index (χ3v) is 5.97. The van der Waals surface area contributed by atoms with Gasteiger partial charge in [0.1, 0.15) is 16.5 Å². The van der Waals surface area contributed by atoms with Crippen molar-refractivity contribution < 1.29 is 13.2 Å². The van der Waals surface area contributed by atoms with Crippen molar-refractivity contribution in [2.24, 2.45) is 5.92 Å². The normalized spacial score (nSPS) is 16.0. The molecule has 134 valence electrons. The molecule has 0 aliphatic carbocycles. The number of nitrogens with zero attached hydrogens (tertiary/aromatic N) is 2. The van der Waals surface area contributed by atoms with Gasteiger partial charge in [0.05, 0.1) is 7.11 Å². The lowest BCUT2D eigenvalue weighted by atomic mass is 9.97. The van der Waals surface area contributed by atoms with E-state index in [-0.39, 0.29) is 4.90 Å². The summed E-state index contributed by atoms with van der Waals surface area (Å²) in [6.07, 6.45) is 3.67. The molecule has 2 heterocycles. The molecule has 3 rings (SSSR count). The van der Waals surface area contributed by atoms with Crippen LogP contribution in [0.2, 0.25) is 0 Å². The van der Waals surface area contributed by atoms with Crippen LogP contribution in [0.4, 0.5) is 5.82 Å². The lowest BCUT2D eigenvalue weighted by molar-refractivity contribution is 0.395. The average Bonchev–Trinajstić information content (AvgIpc) is 2.67. The Kier molecular flexibility index (Phi) is 5.55. The predicted molar refractivity (Wildman–Crippen MR) is 97.4 cm³/mol. The molecule has 0 unspecified atom stereocenters. The summed E-state index contributed by atoms with van der Waals surface area (Å²) in [5, 5.41) is 0. The Balaban J connectivity index is 1.56. The zero-order valence-electron chi connectivity index (χ0n) is 14.3. The minimum Gasteiger partial charge on any atom is -0.495 e. The second-order valence-corrected chi connectivity index (χ2v) is 7.86. The summed E-state index contributed by atoms with van der Waals surface area (Å²) in [6.45, 7) is 2.21. The smallest absolute Gasteiger partial charge is 0.244 e. The molecule has 2 aromatic rings. The van der Waals surface area contributed by atoms with E-state index < -0.39 is 10.0 Å². The van der Waals surface area contributed by atoms with E-state index in [1.54, 1.807) is 30.5 Å². The third-order valence-electron chi connectivity index (χ3n) is 4.51. The maximum absolute atomic E-state index is 12.5. The number of nitrogens with one attached hydrogen (secondary N) is 1. The van der Waals surface area contributed by atoms with E-state index in [1.807, 2.05) is 18.2 Å². The lowest BCUT2D eigenvalue weighted by Crippen LogP contribution is -2.39. The van der Waals surface area contributed by atoms with Crippen LogP contribution in [-0.2, 0) is 10.0 Å². The third kappa shape index (κ3) is 4.29. The van der Waals surface area contributed by atoms with Gasteiger partial charge in [-0.2, -0.15) is 0 Å². The Hall–Kier alpha value is -2.12. The summed E-state index contributed by atoms with van der Waals surface area (Å²) >= 11 is 0. The number of ether oxygens (including phenoxy) is 1. The summed E-state index contributed by atoms with van der Waals surface area (Å²) in [5.41, 5.74) is 0. The van der Waals surface area contributed by atoms with Crippen LogP contribution in [0.15, 0.2) is 53.6 Å². The molecule has 0 spiro atoms. The first-order chi connectivity index (χ1) is 12.1. The van der Waals surface area contributed by atoms with Crippen LogP contribution >= 0.6 is 0 Å². The van der Waals surface area contributed by atoms with Crippen molar-refractivity contribution in [2.75, 3.05) is 31.6 Å². The van der Waals surface area contributed by atoms with Gasteiger partial charge in [0, 0.05) is 25.8 Å². The van der Waals surface area contributed by atoms with E-state index in [0.29, 0.717) is 18.2 Å². The van der Waals surface area contributed by atoms with E-state index in [4.69, 9.17) is 4.74 Å². The molecule has 6 nitrogen and oxygen atoms in total. The Morgan fingerprint density at radius 2 is 1.88 bits per heavy atom. The van der Waals surface area contributed by atoms with Crippen molar-refractivity contribution >= 4 is 15.8 Å². The van der Waals surface area contributed by atoms with Crippen LogP contribution in [-0.4, -0.2) is 40.1 Å². The summed E-state index contributed by atoms with van der Waals surface area (Å²) in [7, 11) is -2.10. The maximum atomic E-state index is 12.5. The first kappa shape index (κ1) is 17.7. The molecule has 7 heteroatoms. The van der Waals surface area contributed by atoms with Crippen LogP contribution in [0, 0.1) is 5.92 Å². The van der Waals surface area contributed by atoms with Crippen LogP contribution in [0.3, 0.4) is 0 Å². The molecule has 0 bridgehead atoms. The number of piperidine rings is 1. The van der Waals surface area contributed by atoms with Crippen molar-refractivity contribution in [3.63, 3.8) is 0 Å². The number of benzene rings is 1. The fourth-order valence-electron chi connectivity index (χ4n) is 3.05.